The van der Waals surface area contributed by atoms with Gasteiger partial charge in [0, 0.05) is 20.1 Å². The summed E-state index contributed by atoms with van der Waals surface area (Å²) in [5, 5.41) is 12.5. The molecule has 1 aromatic rings. The van der Waals surface area contributed by atoms with Crippen LogP contribution in [0.2, 0.25) is 0 Å². The fourth-order valence-corrected chi connectivity index (χ4v) is 1.72. The molecule has 98 valence electrons. The van der Waals surface area contributed by atoms with Crippen LogP contribution in [-0.2, 0) is 11.2 Å². The topological polar surface area (TPSA) is 54.3 Å². The normalized spacial score (nSPS) is 13.7. The molecule has 1 atom stereocenters. The zero-order valence-electron chi connectivity index (χ0n) is 11.2. The Morgan fingerprint density at radius 1 is 1.28 bits per heavy atom. The molecule has 0 spiro atoms. The third-order valence-corrected chi connectivity index (χ3v) is 2.78. The molecule has 0 aliphatic heterocycles. The van der Waals surface area contributed by atoms with Gasteiger partial charge >= 0.3 is 0 Å². The maximum atomic E-state index is 9.27. The van der Waals surface area contributed by atoms with Crippen molar-refractivity contribution in [1.29, 1.82) is 5.26 Å². The SMILES string of the molecule is COCCNC(C)(C#N)Cc1ccc(OC)cc1. The van der Waals surface area contributed by atoms with E-state index in [2.05, 4.69) is 11.4 Å². The molecule has 1 unspecified atom stereocenters. The van der Waals surface area contributed by atoms with Gasteiger partial charge in [0.25, 0.3) is 0 Å². The monoisotopic (exact) mass is 248 g/mol. The molecular formula is C14H20N2O2. The Bertz CT molecular complexity index is 397. The largest absolute Gasteiger partial charge is 0.497 e. The fourth-order valence-electron chi connectivity index (χ4n) is 1.72. The van der Waals surface area contributed by atoms with Gasteiger partial charge in [-0.2, -0.15) is 5.26 Å². The number of methoxy groups -OCH3 is 2. The summed E-state index contributed by atoms with van der Waals surface area (Å²) in [5.41, 5.74) is 0.525. The predicted molar refractivity (Wildman–Crippen MR) is 70.6 cm³/mol. The number of hydrogen-bond acceptors (Lipinski definition) is 4. The molecule has 0 fully saturated rings. The van der Waals surface area contributed by atoms with Crippen molar-refractivity contribution in [2.45, 2.75) is 18.9 Å². The molecule has 1 N–H and O–H groups in total. The number of ether oxygens (including phenoxy) is 2. The summed E-state index contributed by atoms with van der Waals surface area (Å²) in [6.07, 6.45) is 0.650. The van der Waals surface area contributed by atoms with Gasteiger partial charge in [0.2, 0.25) is 0 Å². The molecule has 0 aliphatic rings. The lowest BCUT2D eigenvalue weighted by Gasteiger charge is -2.23. The minimum Gasteiger partial charge on any atom is -0.497 e. The van der Waals surface area contributed by atoms with Crippen LogP contribution in [0.25, 0.3) is 0 Å². The van der Waals surface area contributed by atoms with Crippen LogP contribution in [0.4, 0.5) is 0 Å². The average molecular weight is 248 g/mol. The molecule has 0 heterocycles. The summed E-state index contributed by atoms with van der Waals surface area (Å²) < 4.78 is 10.1. The van der Waals surface area contributed by atoms with Crippen molar-refractivity contribution in [3.05, 3.63) is 29.8 Å². The van der Waals surface area contributed by atoms with Crippen molar-refractivity contribution in [2.75, 3.05) is 27.4 Å². The Balaban J connectivity index is 2.63. The Kier molecular flexibility index (Phi) is 5.63. The van der Waals surface area contributed by atoms with E-state index in [0.717, 1.165) is 11.3 Å². The third-order valence-electron chi connectivity index (χ3n) is 2.78. The first-order valence-corrected chi connectivity index (χ1v) is 5.91. The van der Waals surface area contributed by atoms with Crippen LogP contribution in [0.15, 0.2) is 24.3 Å². The highest BCUT2D eigenvalue weighted by Gasteiger charge is 2.23. The van der Waals surface area contributed by atoms with Crippen molar-refractivity contribution in [3.8, 4) is 11.8 Å². The number of nitrogens with zero attached hydrogens (tertiary/aromatic N) is 1. The van der Waals surface area contributed by atoms with Gasteiger partial charge in [0.1, 0.15) is 11.3 Å². The van der Waals surface area contributed by atoms with Crippen molar-refractivity contribution in [2.24, 2.45) is 0 Å². The van der Waals surface area contributed by atoms with Gasteiger partial charge in [-0.05, 0) is 24.6 Å². The van der Waals surface area contributed by atoms with E-state index in [1.54, 1.807) is 14.2 Å². The fraction of sp³-hybridized carbons (Fsp3) is 0.500. The standard InChI is InChI=1S/C14H20N2O2/c1-14(11-15,16-8-9-17-2)10-12-4-6-13(18-3)7-5-12/h4-7,16H,8-10H2,1-3H3. The van der Waals surface area contributed by atoms with Gasteiger partial charge in [-0.1, -0.05) is 12.1 Å². The lowest BCUT2D eigenvalue weighted by Crippen LogP contribution is -2.44. The van der Waals surface area contributed by atoms with Crippen LogP contribution >= 0.6 is 0 Å². The van der Waals surface area contributed by atoms with E-state index in [0.29, 0.717) is 19.6 Å². The maximum absolute atomic E-state index is 9.27. The minimum atomic E-state index is -0.576. The summed E-state index contributed by atoms with van der Waals surface area (Å²) in [6.45, 7) is 3.16. The van der Waals surface area contributed by atoms with Crippen molar-refractivity contribution < 1.29 is 9.47 Å². The predicted octanol–water partition coefficient (Wildman–Crippen LogP) is 1.76. The summed E-state index contributed by atoms with van der Waals surface area (Å²) in [7, 11) is 3.29. The Labute approximate surface area is 109 Å². The van der Waals surface area contributed by atoms with E-state index in [-0.39, 0.29) is 0 Å². The Morgan fingerprint density at radius 3 is 2.44 bits per heavy atom. The van der Waals surface area contributed by atoms with Gasteiger partial charge in [0.05, 0.1) is 19.8 Å². The van der Waals surface area contributed by atoms with Crippen LogP contribution in [0, 0.1) is 11.3 Å². The maximum Gasteiger partial charge on any atom is 0.118 e. The molecule has 1 rings (SSSR count). The quantitative estimate of drug-likeness (QED) is 0.747. The van der Waals surface area contributed by atoms with Crippen LogP contribution in [0.3, 0.4) is 0 Å². The first-order valence-electron chi connectivity index (χ1n) is 5.91. The van der Waals surface area contributed by atoms with Crippen molar-refractivity contribution in [3.63, 3.8) is 0 Å². The zero-order chi connectivity index (χ0) is 13.4. The summed E-state index contributed by atoms with van der Waals surface area (Å²) in [5.74, 6) is 0.824. The average Bonchev–Trinajstić information content (AvgIpc) is 2.40. The highest BCUT2D eigenvalue weighted by Crippen LogP contribution is 2.16. The molecule has 18 heavy (non-hydrogen) atoms. The number of benzene rings is 1. The second-order valence-corrected chi connectivity index (χ2v) is 4.39. The van der Waals surface area contributed by atoms with E-state index in [1.165, 1.54) is 0 Å². The summed E-state index contributed by atoms with van der Waals surface area (Å²) >= 11 is 0. The third kappa shape index (κ3) is 4.36. The lowest BCUT2D eigenvalue weighted by molar-refractivity contribution is 0.192. The summed E-state index contributed by atoms with van der Waals surface area (Å²) in [4.78, 5) is 0. The minimum absolute atomic E-state index is 0.576. The number of nitrogens with one attached hydrogen (secondary N) is 1. The van der Waals surface area contributed by atoms with Gasteiger partial charge in [-0.25, -0.2) is 0 Å². The van der Waals surface area contributed by atoms with Crippen molar-refractivity contribution >= 4 is 0 Å². The smallest absolute Gasteiger partial charge is 0.118 e. The Morgan fingerprint density at radius 2 is 1.94 bits per heavy atom. The first-order chi connectivity index (χ1) is 8.63. The zero-order valence-corrected chi connectivity index (χ0v) is 11.2. The Hall–Kier alpha value is -1.57. The van der Waals surface area contributed by atoms with Gasteiger partial charge < -0.3 is 9.47 Å². The van der Waals surface area contributed by atoms with E-state index >= 15 is 0 Å². The van der Waals surface area contributed by atoms with E-state index in [4.69, 9.17) is 9.47 Å². The molecule has 4 nitrogen and oxygen atoms in total. The molecule has 0 saturated carbocycles. The highest BCUT2D eigenvalue weighted by atomic mass is 16.5. The number of rotatable bonds is 7. The van der Waals surface area contributed by atoms with E-state index in [1.807, 2.05) is 31.2 Å². The first kappa shape index (κ1) is 14.5. The molecular weight excluding hydrogens is 228 g/mol. The summed E-state index contributed by atoms with van der Waals surface area (Å²) in [6, 6.07) is 10.1. The highest BCUT2D eigenvalue weighted by molar-refractivity contribution is 5.29. The van der Waals surface area contributed by atoms with Gasteiger partial charge in [-0.15, -0.1) is 0 Å². The second-order valence-electron chi connectivity index (χ2n) is 4.39. The van der Waals surface area contributed by atoms with Crippen LogP contribution in [-0.4, -0.2) is 32.9 Å². The molecule has 0 radical (unpaired) electrons. The second kappa shape index (κ2) is 7.00. The van der Waals surface area contributed by atoms with Crippen molar-refractivity contribution in [1.82, 2.24) is 5.32 Å². The van der Waals surface area contributed by atoms with Crippen LogP contribution < -0.4 is 10.1 Å². The van der Waals surface area contributed by atoms with Crippen LogP contribution in [0.1, 0.15) is 12.5 Å². The van der Waals surface area contributed by atoms with E-state index in [9.17, 15) is 5.26 Å². The molecule has 0 amide bonds. The molecule has 0 aromatic heterocycles. The van der Waals surface area contributed by atoms with Gasteiger partial charge in [-0.3, -0.25) is 5.32 Å². The molecule has 0 bridgehead atoms. The van der Waals surface area contributed by atoms with Gasteiger partial charge in [0.15, 0.2) is 0 Å². The number of hydrogen-bond donors (Lipinski definition) is 1. The molecule has 4 heteroatoms. The van der Waals surface area contributed by atoms with E-state index < -0.39 is 5.54 Å². The van der Waals surface area contributed by atoms with Crippen LogP contribution in [0.5, 0.6) is 5.75 Å². The molecule has 0 aliphatic carbocycles. The number of nitriles is 1. The lowest BCUT2D eigenvalue weighted by atomic mass is 9.94. The molecule has 1 aromatic carbocycles. The molecule has 0 saturated heterocycles.